The van der Waals surface area contributed by atoms with Crippen LogP contribution < -0.4 is 5.73 Å². The number of carbonyl (C=O) groups is 4. The fourth-order valence-electron chi connectivity index (χ4n) is 6.42. The zero-order valence-corrected chi connectivity index (χ0v) is 27.6. The summed E-state index contributed by atoms with van der Waals surface area (Å²) in [5, 5.41) is 20.2. The molecule has 1 unspecified atom stereocenters. The SMILES string of the molecule is CC1(C)CN(C(=O)C=Cc2c(-n3cnnn3)ccc(Cl)c2F)C(C(=O)Cc2ccc(C(=O)O)cc2)c2cccc(-c3ccc(C(N)=O)cc3)c21. The van der Waals surface area contributed by atoms with Gasteiger partial charge in [-0.2, -0.15) is 4.68 Å². The molecule has 1 aromatic heterocycles. The first-order valence-electron chi connectivity index (χ1n) is 15.4. The Morgan fingerprint density at radius 2 is 1.70 bits per heavy atom. The summed E-state index contributed by atoms with van der Waals surface area (Å²) in [6.45, 7) is 4.05. The molecule has 1 atom stereocenters. The van der Waals surface area contributed by atoms with Gasteiger partial charge in [-0.05, 0) is 80.7 Å². The standard InChI is InChI=1S/C37H30ClFN6O5/c1-37(2)19-44(31(47)17-14-26-29(45-20-41-42-43-45)16-15-28(38)33(26)39)34(30(46)18-21-6-8-24(9-7-21)36(49)50)27-5-3-4-25(32(27)37)22-10-12-23(13-11-22)35(40)48/h3-17,20,34H,18-19H2,1-2H3,(H2,40,48)(H,49,50). The average Bonchev–Trinajstić information content (AvgIpc) is 3.63. The monoisotopic (exact) mass is 692 g/mol. The van der Waals surface area contributed by atoms with Crippen molar-refractivity contribution in [3.63, 3.8) is 0 Å². The highest BCUT2D eigenvalue weighted by atomic mass is 35.5. The summed E-state index contributed by atoms with van der Waals surface area (Å²) in [6, 6.07) is 20.2. The van der Waals surface area contributed by atoms with E-state index in [0.29, 0.717) is 16.7 Å². The number of amides is 2. The maximum atomic E-state index is 15.4. The fourth-order valence-corrected chi connectivity index (χ4v) is 6.59. The molecule has 0 saturated carbocycles. The largest absolute Gasteiger partial charge is 0.478 e. The third-order valence-corrected chi connectivity index (χ3v) is 8.98. The fraction of sp³-hybridized carbons (Fsp3) is 0.162. The van der Waals surface area contributed by atoms with Gasteiger partial charge in [0.05, 0.1) is 16.3 Å². The predicted molar refractivity (Wildman–Crippen MR) is 183 cm³/mol. The van der Waals surface area contributed by atoms with Gasteiger partial charge in [-0.3, -0.25) is 14.4 Å². The number of carboxylic acid groups (broad SMARTS) is 1. The molecule has 3 N–H and O–H groups in total. The number of primary amides is 1. The second kappa shape index (κ2) is 13.5. The van der Waals surface area contributed by atoms with Crippen molar-refractivity contribution in [1.82, 2.24) is 25.1 Å². The molecule has 1 aliphatic heterocycles. The number of hydrogen-bond acceptors (Lipinski definition) is 7. The van der Waals surface area contributed by atoms with Crippen LogP contribution in [0.3, 0.4) is 0 Å². The van der Waals surface area contributed by atoms with Crippen molar-refractivity contribution < 1.29 is 28.7 Å². The van der Waals surface area contributed by atoms with Crippen LogP contribution in [-0.2, 0) is 21.4 Å². The summed E-state index contributed by atoms with van der Waals surface area (Å²) in [6.07, 6.45) is 3.66. The van der Waals surface area contributed by atoms with E-state index in [1.807, 2.05) is 26.0 Å². The van der Waals surface area contributed by atoms with Gasteiger partial charge in [0.15, 0.2) is 11.6 Å². The summed E-state index contributed by atoms with van der Waals surface area (Å²) in [4.78, 5) is 53.1. The third kappa shape index (κ3) is 6.52. The molecule has 5 aromatic rings. The summed E-state index contributed by atoms with van der Waals surface area (Å²) < 4.78 is 16.6. The Balaban J connectivity index is 1.44. The second-order valence-corrected chi connectivity index (χ2v) is 12.9. The lowest BCUT2D eigenvalue weighted by molar-refractivity contribution is -0.137. The molecule has 0 spiro atoms. The molecule has 2 amide bonds. The second-order valence-electron chi connectivity index (χ2n) is 12.5. The van der Waals surface area contributed by atoms with Crippen molar-refractivity contribution in [2.75, 3.05) is 6.54 Å². The Kier molecular flexibility index (Phi) is 9.13. The van der Waals surface area contributed by atoms with Crippen LogP contribution in [0.15, 0.2) is 91.3 Å². The third-order valence-electron chi connectivity index (χ3n) is 8.69. The topological polar surface area (TPSA) is 161 Å². The Labute approximate surface area is 290 Å². The van der Waals surface area contributed by atoms with E-state index in [2.05, 4.69) is 15.5 Å². The van der Waals surface area contributed by atoms with Gasteiger partial charge in [0.25, 0.3) is 0 Å². The van der Waals surface area contributed by atoms with Gasteiger partial charge in [-0.25, -0.2) is 9.18 Å². The number of tetrazole rings is 1. The molecular formula is C37H30ClFN6O5. The molecule has 0 saturated heterocycles. The van der Waals surface area contributed by atoms with Crippen LogP contribution in [0.25, 0.3) is 22.9 Å². The first-order chi connectivity index (χ1) is 23.9. The predicted octanol–water partition coefficient (Wildman–Crippen LogP) is 5.61. The van der Waals surface area contributed by atoms with Gasteiger partial charge < -0.3 is 15.7 Å². The molecule has 2 heterocycles. The van der Waals surface area contributed by atoms with Gasteiger partial charge in [0, 0.05) is 35.6 Å². The van der Waals surface area contributed by atoms with Crippen molar-refractivity contribution in [2.45, 2.75) is 31.7 Å². The zero-order valence-electron chi connectivity index (χ0n) is 26.9. The number of rotatable bonds is 9. The van der Waals surface area contributed by atoms with Gasteiger partial charge in [-0.1, -0.05) is 67.9 Å². The molecule has 13 heteroatoms. The van der Waals surface area contributed by atoms with Gasteiger partial charge in [0.2, 0.25) is 11.8 Å². The summed E-state index contributed by atoms with van der Waals surface area (Å²) in [5.41, 5.74) is 9.06. The van der Waals surface area contributed by atoms with Crippen molar-refractivity contribution >= 4 is 41.2 Å². The Hall–Kier alpha value is -6.01. The van der Waals surface area contributed by atoms with Crippen LogP contribution >= 0.6 is 11.6 Å². The minimum Gasteiger partial charge on any atom is -0.478 e. The molecule has 0 aliphatic carbocycles. The zero-order chi connectivity index (χ0) is 35.7. The van der Waals surface area contributed by atoms with Crippen LogP contribution in [0.4, 0.5) is 4.39 Å². The number of Topliss-reactive ketones (excluding diaryl/α,β-unsaturated/α-hetero) is 1. The quantitative estimate of drug-likeness (QED) is 0.189. The molecule has 0 bridgehead atoms. The van der Waals surface area contributed by atoms with Crippen LogP contribution in [0.1, 0.15) is 62.9 Å². The first-order valence-corrected chi connectivity index (χ1v) is 15.8. The molecule has 4 aromatic carbocycles. The van der Waals surface area contributed by atoms with Crippen molar-refractivity contribution in [1.29, 1.82) is 0 Å². The summed E-state index contributed by atoms with van der Waals surface area (Å²) in [7, 11) is 0. The summed E-state index contributed by atoms with van der Waals surface area (Å²) >= 11 is 6.10. The van der Waals surface area contributed by atoms with E-state index in [1.54, 1.807) is 42.5 Å². The molecule has 11 nitrogen and oxygen atoms in total. The number of nitrogens with zero attached hydrogens (tertiary/aromatic N) is 5. The molecule has 6 rings (SSSR count). The van der Waals surface area contributed by atoms with E-state index < -0.39 is 35.1 Å². The highest BCUT2D eigenvalue weighted by Gasteiger charge is 2.43. The van der Waals surface area contributed by atoms with Crippen LogP contribution in [-0.4, -0.2) is 60.3 Å². The number of benzene rings is 4. The molecule has 0 fully saturated rings. The van der Waals surface area contributed by atoms with E-state index in [9.17, 15) is 24.3 Å². The molecule has 0 radical (unpaired) electrons. The van der Waals surface area contributed by atoms with E-state index in [-0.39, 0.29) is 40.6 Å². The number of fused-ring (bicyclic) bond motifs is 1. The van der Waals surface area contributed by atoms with Crippen LogP contribution in [0.5, 0.6) is 0 Å². The number of carbonyl (C=O) groups excluding carboxylic acids is 3. The number of halogens is 2. The first kappa shape index (κ1) is 33.9. The number of nitrogens with two attached hydrogens (primary N) is 1. The minimum atomic E-state index is -1.09. The van der Waals surface area contributed by atoms with Gasteiger partial charge >= 0.3 is 5.97 Å². The lowest BCUT2D eigenvalue weighted by Crippen LogP contribution is -2.50. The number of ketones is 1. The van der Waals surface area contributed by atoms with Crippen molar-refractivity contribution in [2.24, 2.45) is 5.73 Å². The molecule has 50 heavy (non-hydrogen) atoms. The summed E-state index contributed by atoms with van der Waals surface area (Å²) in [5.74, 6) is -3.29. The Morgan fingerprint density at radius 1 is 1.00 bits per heavy atom. The Morgan fingerprint density at radius 3 is 2.34 bits per heavy atom. The smallest absolute Gasteiger partial charge is 0.335 e. The molecular weight excluding hydrogens is 663 g/mol. The van der Waals surface area contributed by atoms with E-state index in [0.717, 1.165) is 16.7 Å². The van der Waals surface area contributed by atoms with Gasteiger partial charge in [-0.15, -0.1) is 5.10 Å². The molecule has 1 aliphatic rings. The normalized spacial score (nSPS) is 15.1. The Bertz CT molecular complexity index is 2170. The van der Waals surface area contributed by atoms with Gasteiger partial charge in [0.1, 0.15) is 12.4 Å². The van der Waals surface area contributed by atoms with Crippen LogP contribution in [0.2, 0.25) is 5.02 Å². The minimum absolute atomic E-state index is 0.0297. The number of carboxylic acids is 1. The number of aromatic carboxylic acids is 1. The lowest BCUT2D eigenvalue weighted by Gasteiger charge is -2.45. The van der Waals surface area contributed by atoms with Crippen molar-refractivity contribution in [3.05, 3.63) is 135 Å². The average molecular weight is 693 g/mol. The highest BCUT2D eigenvalue weighted by Crippen LogP contribution is 2.45. The van der Waals surface area contributed by atoms with Crippen LogP contribution in [0, 0.1) is 5.82 Å². The molecule has 252 valence electrons. The highest BCUT2D eigenvalue weighted by molar-refractivity contribution is 6.31. The van der Waals surface area contributed by atoms with E-state index in [4.69, 9.17) is 17.3 Å². The maximum absolute atomic E-state index is 15.4. The van der Waals surface area contributed by atoms with E-state index in [1.165, 1.54) is 52.3 Å². The van der Waals surface area contributed by atoms with Crippen molar-refractivity contribution in [3.8, 4) is 16.8 Å². The number of aromatic nitrogens is 4. The maximum Gasteiger partial charge on any atom is 0.335 e. The lowest BCUT2D eigenvalue weighted by atomic mass is 9.71. The van der Waals surface area contributed by atoms with E-state index >= 15 is 4.39 Å². The number of hydrogen-bond donors (Lipinski definition) is 2.